The molecule has 0 spiro atoms. The Bertz CT molecular complexity index is 843. The molecule has 32 heavy (non-hydrogen) atoms. The minimum atomic E-state index is -1.57. The van der Waals surface area contributed by atoms with Gasteiger partial charge in [-0.15, -0.1) is 0 Å². The molecule has 4 amide bonds. The van der Waals surface area contributed by atoms with Crippen molar-refractivity contribution in [1.29, 1.82) is 0 Å². The Hall–Kier alpha value is -3.71. The molecule has 4 atom stereocenters. The lowest BCUT2D eigenvalue weighted by atomic mass is 10.0. The van der Waals surface area contributed by atoms with Gasteiger partial charge < -0.3 is 42.7 Å². The van der Waals surface area contributed by atoms with Crippen molar-refractivity contribution in [3.05, 3.63) is 29.8 Å². The molecular formula is C19H27N5O8. The highest BCUT2D eigenvalue weighted by Gasteiger charge is 2.28. The third kappa shape index (κ3) is 8.97. The number of nitrogens with two attached hydrogens (primary N) is 2. The summed E-state index contributed by atoms with van der Waals surface area (Å²) in [5, 5.41) is 34.6. The number of aromatic hydroxyl groups is 1. The molecule has 13 nitrogen and oxygen atoms in total. The minimum absolute atomic E-state index is 0.0472. The maximum Gasteiger partial charge on any atom is 0.326 e. The quantitative estimate of drug-likeness (QED) is 0.158. The molecule has 0 saturated heterocycles. The summed E-state index contributed by atoms with van der Waals surface area (Å²) in [5.74, 6) is -4.96. The van der Waals surface area contributed by atoms with Gasteiger partial charge in [-0.2, -0.15) is 0 Å². The Morgan fingerprint density at radius 1 is 1.03 bits per heavy atom. The van der Waals surface area contributed by atoms with Crippen LogP contribution in [0.15, 0.2) is 24.3 Å². The molecule has 1 rings (SSSR count). The highest BCUT2D eigenvalue weighted by atomic mass is 16.4. The normalized spacial score (nSPS) is 14.3. The van der Waals surface area contributed by atoms with Gasteiger partial charge in [0.05, 0.1) is 25.1 Å². The van der Waals surface area contributed by atoms with Gasteiger partial charge in [0, 0.05) is 0 Å². The molecule has 0 fully saturated rings. The molecule has 176 valence electrons. The van der Waals surface area contributed by atoms with Crippen LogP contribution in [0.4, 0.5) is 0 Å². The standard InChI is InChI=1S/C19H27N5O8/c1-9(25)16(24-17(29)12(20)6-10-2-4-11(26)5-3-10)18(30)22-8-15(28)23-13(19(31)32)7-14(21)27/h2-5,9,12-13,16,25-26H,6-8,20H2,1H3,(H2,21,27)(H,22,30)(H,23,28)(H,24,29)(H,31,32). The highest BCUT2D eigenvalue weighted by molar-refractivity contribution is 5.93. The average Bonchev–Trinajstić information content (AvgIpc) is 2.70. The maximum atomic E-state index is 12.3. The molecule has 1 aromatic carbocycles. The maximum absolute atomic E-state index is 12.3. The Morgan fingerprint density at radius 3 is 2.12 bits per heavy atom. The third-order valence-corrected chi connectivity index (χ3v) is 4.25. The number of hydrogen-bond acceptors (Lipinski definition) is 8. The summed E-state index contributed by atoms with van der Waals surface area (Å²) in [6.45, 7) is 0.559. The molecule has 0 aliphatic rings. The van der Waals surface area contributed by atoms with E-state index >= 15 is 0 Å². The summed E-state index contributed by atoms with van der Waals surface area (Å²) in [6.07, 6.45) is -1.89. The van der Waals surface area contributed by atoms with Gasteiger partial charge in [0.25, 0.3) is 0 Å². The van der Waals surface area contributed by atoms with Crippen molar-refractivity contribution in [3.63, 3.8) is 0 Å². The average molecular weight is 453 g/mol. The summed E-state index contributed by atoms with van der Waals surface area (Å²) in [6, 6.07) is 1.92. The lowest BCUT2D eigenvalue weighted by Crippen LogP contribution is -2.57. The van der Waals surface area contributed by atoms with Gasteiger partial charge >= 0.3 is 5.97 Å². The van der Waals surface area contributed by atoms with Crippen LogP contribution in [-0.4, -0.2) is 75.7 Å². The van der Waals surface area contributed by atoms with Gasteiger partial charge in [0.15, 0.2) is 0 Å². The van der Waals surface area contributed by atoms with Crippen molar-refractivity contribution in [2.75, 3.05) is 6.54 Å². The molecule has 0 radical (unpaired) electrons. The summed E-state index contributed by atoms with van der Waals surface area (Å²) >= 11 is 0. The van der Waals surface area contributed by atoms with Crippen molar-refractivity contribution in [3.8, 4) is 5.75 Å². The van der Waals surface area contributed by atoms with Crippen LogP contribution in [0.3, 0.4) is 0 Å². The van der Waals surface area contributed by atoms with Crippen LogP contribution in [0.5, 0.6) is 5.75 Å². The van der Waals surface area contributed by atoms with Crippen molar-refractivity contribution in [2.24, 2.45) is 11.5 Å². The van der Waals surface area contributed by atoms with Crippen LogP contribution in [0.2, 0.25) is 0 Å². The second-order valence-corrected chi connectivity index (χ2v) is 7.05. The highest BCUT2D eigenvalue weighted by Crippen LogP contribution is 2.11. The predicted molar refractivity (Wildman–Crippen MR) is 110 cm³/mol. The molecule has 13 heteroatoms. The van der Waals surface area contributed by atoms with Crippen LogP contribution in [0.25, 0.3) is 0 Å². The van der Waals surface area contributed by atoms with E-state index < -0.39 is 66.8 Å². The zero-order valence-electron chi connectivity index (χ0n) is 17.3. The number of aliphatic hydroxyl groups excluding tert-OH is 1. The first-order valence-electron chi connectivity index (χ1n) is 9.50. The summed E-state index contributed by atoms with van der Waals surface area (Å²) < 4.78 is 0. The molecule has 4 unspecified atom stereocenters. The smallest absolute Gasteiger partial charge is 0.326 e. The number of carbonyl (C=O) groups excluding carboxylic acids is 4. The van der Waals surface area contributed by atoms with E-state index in [9.17, 15) is 34.2 Å². The van der Waals surface area contributed by atoms with Gasteiger partial charge in [-0.1, -0.05) is 12.1 Å². The number of benzene rings is 1. The SMILES string of the molecule is CC(O)C(NC(=O)C(N)Cc1ccc(O)cc1)C(=O)NCC(=O)NC(CC(N)=O)C(=O)O. The number of primary amides is 1. The lowest BCUT2D eigenvalue weighted by molar-refractivity contribution is -0.143. The summed E-state index contributed by atoms with van der Waals surface area (Å²) in [4.78, 5) is 58.4. The van der Waals surface area contributed by atoms with E-state index in [0.717, 1.165) is 0 Å². The molecular weight excluding hydrogens is 426 g/mol. The van der Waals surface area contributed by atoms with Crippen LogP contribution < -0.4 is 27.4 Å². The van der Waals surface area contributed by atoms with Crippen LogP contribution in [0, 0.1) is 0 Å². The van der Waals surface area contributed by atoms with Crippen LogP contribution >= 0.6 is 0 Å². The van der Waals surface area contributed by atoms with E-state index in [1.165, 1.54) is 19.1 Å². The van der Waals surface area contributed by atoms with E-state index in [0.29, 0.717) is 5.56 Å². The molecule has 0 aliphatic heterocycles. The topological polar surface area (TPSA) is 234 Å². The number of phenols is 1. The van der Waals surface area contributed by atoms with Crippen molar-refractivity contribution in [2.45, 2.75) is 44.0 Å². The van der Waals surface area contributed by atoms with E-state index in [1.54, 1.807) is 12.1 Å². The number of nitrogens with one attached hydrogen (secondary N) is 3. The first-order chi connectivity index (χ1) is 14.9. The Labute approximate surface area is 183 Å². The zero-order valence-corrected chi connectivity index (χ0v) is 17.3. The van der Waals surface area contributed by atoms with Gasteiger partial charge in [0.1, 0.15) is 17.8 Å². The Balaban J connectivity index is 2.64. The number of aliphatic hydroxyl groups is 1. The fourth-order valence-electron chi connectivity index (χ4n) is 2.57. The van der Waals surface area contributed by atoms with Crippen molar-refractivity contribution >= 4 is 29.6 Å². The second-order valence-electron chi connectivity index (χ2n) is 7.05. The zero-order chi connectivity index (χ0) is 24.4. The lowest BCUT2D eigenvalue weighted by Gasteiger charge is -2.23. The Morgan fingerprint density at radius 2 is 1.62 bits per heavy atom. The van der Waals surface area contributed by atoms with E-state index in [-0.39, 0.29) is 12.2 Å². The molecule has 0 aliphatic carbocycles. The first kappa shape index (κ1) is 26.3. The number of amides is 4. The fourth-order valence-corrected chi connectivity index (χ4v) is 2.57. The van der Waals surface area contributed by atoms with Gasteiger partial charge in [-0.3, -0.25) is 19.2 Å². The Kier molecular flexibility index (Phi) is 10.1. The fraction of sp³-hybridized carbons (Fsp3) is 0.421. The summed E-state index contributed by atoms with van der Waals surface area (Å²) in [7, 11) is 0. The number of aliphatic carboxylic acids is 1. The second kappa shape index (κ2) is 12.2. The summed E-state index contributed by atoms with van der Waals surface area (Å²) in [5.41, 5.74) is 11.4. The van der Waals surface area contributed by atoms with Gasteiger partial charge in [0.2, 0.25) is 23.6 Å². The third-order valence-electron chi connectivity index (χ3n) is 4.25. The van der Waals surface area contributed by atoms with Crippen LogP contribution in [-0.2, 0) is 30.4 Å². The number of carboxylic acid groups (broad SMARTS) is 1. The van der Waals surface area contributed by atoms with E-state index in [1.807, 2.05) is 5.32 Å². The number of carbonyl (C=O) groups is 5. The predicted octanol–water partition coefficient (Wildman–Crippen LogP) is -3.31. The molecule has 1 aromatic rings. The van der Waals surface area contributed by atoms with E-state index in [4.69, 9.17) is 16.6 Å². The number of hydrogen-bond donors (Lipinski definition) is 8. The molecule has 10 N–H and O–H groups in total. The van der Waals surface area contributed by atoms with Crippen LogP contribution in [0.1, 0.15) is 18.9 Å². The van der Waals surface area contributed by atoms with Crippen molar-refractivity contribution in [1.82, 2.24) is 16.0 Å². The monoisotopic (exact) mass is 453 g/mol. The number of phenolic OH excluding ortho intramolecular Hbond substituents is 1. The number of carboxylic acids is 1. The first-order valence-corrected chi connectivity index (χ1v) is 9.50. The molecule has 0 aromatic heterocycles. The molecule has 0 bridgehead atoms. The number of rotatable bonds is 12. The largest absolute Gasteiger partial charge is 0.508 e. The molecule has 0 saturated carbocycles. The minimum Gasteiger partial charge on any atom is -0.508 e. The van der Waals surface area contributed by atoms with E-state index in [2.05, 4.69) is 10.6 Å². The molecule has 0 heterocycles. The van der Waals surface area contributed by atoms with Gasteiger partial charge in [-0.05, 0) is 31.0 Å². The van der Waals surface area contributed by atoms with Crippen molar-refractivity contribution < 1.29 is 39.3 Å². The van der Waals surface area contributed by atoms with Gasteiger partial charge in [-0.25, -0.2) is 4.79 Å².